The van der Waals surface area contributed by atoms with Gasteiger partial charge in [0.15, 0.2) is 0 Å². The Hall–Kier alpha value is -1.36. The molecule has 1 saturated heterocycles. The summed E-state index contributed by atoms with van der Waals surface area (Å²) in [6.07, 6.45) is 5.04. The van der Waals surface area contributed by atoms with Crippen molar-refractivity contribution in [2.45, 2.75) is 12.8 Å². The second kappa shape index (κ2) is 6.39. The first-order valence-electron chi connectivity index (χ1n) is 5.90. The fraction of sp³-hybridized carbons (Fsp3) is 0.667. The molecule has 0 aromatic carbocycles. The molecule has 0 saturated carbocycles. The Morgan fingerprint density at radius 2 is 2.18 bits per heavy atom. The zero-order valence-electron chi connectivity index (χ0n) is 10.6. The van der Waals surface area contributed by atoms with Gasteiger partial charge in [-0.2, -0.15) is 0 Å². The van der Waals surface area contributed by atoms with Crippen LogP contribution >= 0.6 is 0 Å². The van der Waals surface area contributed by atoms with E-state index in [1.165, 1.54) is 0 Å². The molecule has 2 N–H and O–H groups in total. The van der Waals surface area contributed by atoms with Gasteiger partial charge in [-0.05, 0) is 26.9 Å². The van der Waals surface area contributed by atoms with Crippen LogP contribution in [0.2, 0.25) is 0 Å². The van der Waals surface area contributed by atoms with Crippen LogP contribution in [-0.2, 0) is 9.59 Å². The highest BCUT2D eigenvalue weighted by Gasteiger charge is 2.25. The van der Waals surface area contributed by atoms with Gasteiger partial charge in [-0.25, -0.2) is 0 Å². The molecule has 1 heterocycles. The maximum Gasteiger partial charge on any atom is 0.246 e. The first-order valence-corrected chi connectivity index (χ1v) is 5.90. The number of piperidine rings is 1. The minimum absolute atomic E-state index is 0.0298. The third kappa shape index (κ3) is 4.56. The predicted molar refractivity (Wildman–Crippen MR) is 66.2 cm³/mol. The summed E-state index contributed by atoms with van der Waals surface area (Å²) >= 11 is 0. The molecule has 0 radical (unpaired) electrons. The Labute approximate surface area is 102 Å². The smallest absolute Gasteiger partial charge is 0.246 e. The molecule has 0 aromatic rings. The van der Waals surface area contributed by atoms with Gasteiger partial charge in [-0.1, -0.05) is 6.08 Å². The van der Waals surface area contributed by atoms with Crippen molar-refractivity contribution < 1.29 is 9.59 Å². The largest absolute Gasteiger partial charge is 0.369 e. The van der Waals surface area contributed by atoms with E-state index in [0.29, 0.717) is 6.54 Å². The first-order chi connectivity index (χ1) is 8.00. The Morgan fingerprint density at radius 1 is 1.47 bits per heavy atom. The van der Waals surface area contributed by atoms with Crippen molar-refractivity contribution >= 4 is 11.8 Å². The van der Waals surface area contributed by atoms with Gasteiger partial charge < -0.3 is 15.5 Å². The number of likely N-dealkylation sites (N-methyl/N-ethyl adjacent to an activating group) is 1. The summed E-state index contributed by atoms with van der Waals surface area (Å²) < 4.78 is 0. The van der Waals surface area contributed by atoms with Crippen molar-refractivity contribution in [2.24, 2.45) is 11.7 Å². The molecular weight excluding hydrogens is 218 g/mol. The zero-order chi connectivity index (χ0) is 12.8. The Kier molecular flexibility index (Phi) is 5.15. The fourth-order valence-electron chi connectivity index (χ4n) is 1.88. The van der Waals surface area contributed by atoms with E-state index in [1.54, 1.807) is 11.0 Å². The van der Waals surface area contributed by atoms with Crippen LogP contribution in [0.15, 0.2) is 12.2 Å². The van der Waals surface area contributed by atoms with Crippen LogP contribution in [0.3, 0.4) is 0 Å². The van der Waals surface area contributed by atoms with Crippen LogP contribution in [0.4, 0.5) is 0 Å². The van der Waals surface area contributed by atoms with Crippen molar-refractivity contribution in [2.75, 3.05) is 33.7 Å². The van der Waals surface area contributed by atoms with Crippen LogP contribution < -0.4 is 5.73 Å². The van der Waals surface area contributed by atoms with E-state index in [2.05, 4.69) is 0 Å². The average molecular weight is 239 g/mol. The van der Waals surface area contributed by atoms with Gasteiger partial charge in [0.05, 0.1) is 5.92 Å². The number of carbonyl (C=O) groups excluding carboxylic acids is 2. The molecule has 1 fully saturated rings. The van der Waals surface area contributed by atoms with Crippen LogP contribution in [0.1, 0.15) is 12.8 Å². The number of hydrogen-bond acceptors (Lipinski definition) is 3. The molecule has 1 aliphatic rings. The molecule has 1 aliphatic heterocycles. The van der Waals surface area contributed by atoms with E-state index in [-0.39, 0.29) is 17.7 Å². The highest BCUT2D eigenvalue weighted by atomic mass is 16.2. The Bertz CT molecular complexity index is 313. The lowest BCUT2D eigenvalue weighted by Gasteiger charge is -2.30. The number of rotatable bonds is 4. The van der Waals surface area contributed by atoms with Gasteiger partial charge in [-0.15, -0.1) is 0 Å². The van der Waals surface area contributed by atoms with E-state index >= 15 is 0 Å². The lowest BCUT2D eigenvalue weighted by molar-refractivity contribution is -0.130. The average Bonchev–Trinajstić information content (AvgIpc) is 2.28. The molecular formula is C12H21N3O2. The van der Waals surface area contributed by atoms with Gasteiger partial charge in [0, 0.05) is 25.7 Å². The third-order valence-corrected chi connectivity index (χ3v) is 2.87. The van der Waals surface area contributed by atoms with Crippen molar-refractivity contribution in [1.82, 2.24) is 9.80 Å². The van der Waals surface area contributed by atoms with Crippen LogP contribution in [-0.4, -0.2) is 55.3 Å². The quantitative estimate of drug-likeness (QED) is 0.693. The number of likely N-dealkylation sites (tertiary alicyclic amines) is 1. The van der Waals surface area contributed by atoms with E-state index in [4.69, 9.17) is 5.73 Å². The lowest BCUT2D eigenvalue weighted by Crippen LogP contribution is -2.43. The molecule has 1 rings (SSSR count). The zero-order valence-corrected chi connectivity index (χ0v) is 10.6. The fourth-order valence-corrected chi connectivity index (χ4v) is 1.88. The molecule has 96 valence electrons. The summed E-state index contributed by atoms with van der Waals surface area (Å²) in [4.78, 5) is 26.6. The maximum absolute atomic E-state index is 11.8. The SMILES string of the molecule is CN(C)CC=CC(=O)N1CCCC(C(N)=O)C1. The van der Waals surface area contributed by atoms with Crippen LogP contribution in [0.25, 0.3) is 0 Å². The van der Waals surface area contributed by atoms with Crippen molar-refractivity contribution in [1.29, 1.82) is 0 Å². The monoisotopic (exact) mass is 239 g/mol. The Balaban J connectivity index is 2.46. The molecule has 1 unspecified atom stereocenters. The molecule has 0 aromatic heterocycles. The van der Waals surface area contributed by atoms with Crippen molar-refractivity contribution in [3.8, 4) is 0 Å². The molecule has 0 spiro atoms. The van der Waals surface area contributed by atoms with E-state index in [9.17, 15) is 9.59 Å². The Morgan fingerprint density at radius 3 is 2.76 bits per heavy atom. The summed E-state index contributed by atoms with van der Waals surface area (Å²) in [6.45, 7) is 1.91. The number of hydrogen-bond donors (Lipinski definition) is 1. The van der Waals surface area contributed by atoms with Crippen molar-refractivity contribution in [3.63, 3.8) is 0 Å². The summed E-state index contributed by atoms with van der Waals surface area (Å²) in [7, 11) is 3.89. The lowest BCUT2D eigenvalue weighted by atomic mass is 9.97. The number of carbonyl (C=O) groups is 2. The molecule has 1 atom stereocenters. The molecule has 5 heteroatoms. The van der Waals surface area contributed by atoms with Gasteiger partial charge >= 0.3 is 0 Å². The van der Waals surface area contributed by atoms with Gasteiger partial charge in [-0.3, -0.25) is 9.59 Å². The van der Waals surface area contributed by atoms with Gasteiger partial charge in [0.1, 0.15) is 0 Å². The minimum atomic E-state index is -0.306. The standard InChI is InChI=1S/C12H21N3O2/c1-14(2)7-4-6-11(16)15-8-3-5-10(9-15)12(13)17/h4,6,10H,3,5,7-9H2,1-2H3,(H2,13,17). The topological polar surface area (TPSA) is 66.6 Å². The highest BCUT2D eigenvalue weighted by Crippen LogP contribution is 2.16. The first kappa shape index (κ1) is 13.7. The van der Waals surface area contributed by atoms with Crippen LogP contribution in [0.5, 0.6) is 0 Å². The van der Waals surface area contributed by atoms with E-state index in [0.717, 1.165) is 25.9 Å². The number of primary amides is 1. The highest BCUT2D eigenvalue weighted by molar-refractivity contribution is 5.88. The summed E-state index contributed by atoms with van der Waals surface area (Å²) in [5.74, 6) is -0.521. The molecule has 2 amide bonds. The number of nitrogens with zero attached hydrogens (tertiary/aromatic N) is 2. The molecule has 0 aliphatic carbocycles. The summed E-state index contributed by atoms with van der Waals surface area (Å²) in [5.41, 5.74) is 5.27. The summed E-state index contributed by atoms with van der Waals surface area (Å²) in [6, 6.07) is 0. The molecule has 0 bridgehead atoms. The second-order valence-corrected chi connectivity index (χ2v) is 4.69. The number of amides is 2. The number of nitrogens with two attached hydrogens (primary N) is 1. The third-order valence-electron chi connectivity index (χ3n) is 2.87. The predicted octanol–water partition coefficient (Wildman–Crippen LogP) is -0.172. The van der Waals surface area contributed by atoms with Crippen molar-refractivity contribution in [3.05, 3.63) is 12.2 Å². The van der Waals surface area contributed by atoms with Gasteiger partial charge in [0.25, 0.3) is 0 Å². The van der Waals surface area contributed by atoms with E-state index < -0.39 is 0 Å². The minimum Gasteiger partial charge on any atom is -0.369 e. The normalized spacial score (nSPS) is 21.1. The second-order valence-electron chi connectivity index (χ2n) is 4.69. The van der Waals surface area contributed by atoms with Crippen LogP contribution in [0, 0.1) is 5.92 Å². The summed E-state index contributed by atoms with van der Waals surface area (Å²) in [5, 5.41) is 0. The maximum atomic E-state index is 11.8. The molecule has 5 nitrogen and oxygen atoms in total. The molecule has 17 heavy (non-hydrogen) atoms. The van der Waals surface area contributed by atoms with Gasteiger partial charge in [0.2, 0.25) is 11.8 Å². The van der Waals surface area contributed by atoms with E-state index in [1.807, 2.05) is 25.1 Å².